The Labute approximate surface area is 157 Å². The monoisotopic (exact) mass is 389 g/mol. The van der Waals surface area contributed by atoms with Gasteiger partial charge in [-0.05, 0) is 12.8 Å². The van der Waals surface area contributed by atoms with Crippen LogP contribution in [-0.2, 0) is 42.9 Å². The zero-order chi connectivity index (χ0) is 21.0. The van der Waals surface area contributed by atoms with Crippen LogP contribution in [0.15, 0.2) is 0 Å². The third kappa shape index (κ3) is 13.2. The number of esters is 4. The minimum absolute atomic E-state index is 0.0733. The van der Waals surface area contributed by atoms with Gasteiger partial charge >= 0.3 is 23.9 Å². The van der Waals surface area contributed by atoms with E-state index in [4.69, 9.17) is 18.9 Å². The molecule has 0 saturated carbocycles. The second kappa shape index (κ2) is 12.7. The molecule has 27 heavy (non-hydrogen) atoms. The molecule has 10 heteroatoms. The van der Waals surface area contributed by atoms with Gasteiger partial charge in [-0.1, -0.05) is 0 Å². The van der Waals surface area contributed by atoms with E-state index in [9.17, 15) is 24.0 Å². The first-order valence-electron chi connectivity index (χ1n) is 8.40. The first-order valence-corrected chi connectivity index (χ1v) is 8.40. The topological polar surface area (TPSA) is 134 Å². The fraction of sp³-hybridized carbons (Fsp3) is 0.706. The molecular formula is C17H27NO9. The Bertz CT molecular complexity index is 547. The average Bonchev–Trinajstić information content (AvgIpc) is 2.51. The third-order valence-corrected chi connectivity index (χ3v) is 3.18. The van der Waals surface area contributed by atoms with Crippen molar-refractivity contribution in [3.05, 3.63) is 0 Å². The molecule has 0 aliphatic carbocycles. The minimum Gasteiger partial charge on any atom is -0.462 e. The summed E-state index contributed by atoms with van der Waals surface area (Å²) in [6.07, 6.45) is -2.28. The van der Waals surface area contributed by atoms with Crippen molar-refractivity contribution in [2.75, 3.05) is 13.2 Å². The SMILES string of the molecule is CC(=O)NC[C@@H](CC[C@H](OC(C)=O)[C@@H](COC(C)=O)OC(C)=O)OC(C)=O. The number of carbonyl (C=O) groups is 5. The van der Waals surface area contributed by atoms with Crippen molar-refractivity contribution < 1.29 is 42.9 Å². The first-order chi connectivity index (χ1) is 12.5. The van der Waals surface area contributed by atoms with E-state index >= 15 is 0 Å². The molecule has 0 radical (unpaired) electrons. The van der Waals surface area contributed by atoms with Gasteiger partial charge in [-0.15, -0.1) is 0 Å². The van der Waals surface area contributed by atoms with Crippen molar-refractivity contribution in [1.29, 1.82) is 0 Å². The number of ether oxygens (including phenoxy) is 4. The van der Waals surface area contributed by atoms with Crippen LogP contribution in [-0.4, -0.2) is 61.2 Å². The number of hydrogen-bond acceptors (Lipinski definition) is 9. The molecular weight excluding hydrogens is 362 g/mol. The molecule has 0 aliphatic rings. The molecule has 0 spiro atoms. The third-order valence-electron chi connectivity index (χ3n) is 3.18. The van der Waals surface area contributed by atoms with Crippen LogP contribution >= 0.6 is 0 Å². The Balaban J connectivity index is 5.14. The number of carbonyl (C=O) groups excluding carboxylic acids is 5. The molecule has 0 bridgehead atoms. The largest absolute Gasteiger partial charge is 0.462 e. The molecule has 0 aliphatic heterocycles. The van der Waals surface area contributed by atoms with Gasteiger partial charge < -0.3 is 24.3 Å². The van der Waals surface area contributed by atoms with E-state index < -0.39 is 42.2 Å². The summed E-state index contributed by atoms with van der Waals surface area (Å²) in [5.74, 6) is -2.68. The van der Waals surface area contributed by atoms with E-state index in [-0.39, 0.29) is 31.9 Å². The predicted molar refractivity (Wildman–Crippen MR) is 91.2 cm³/mol. The summed E-state index contributed by atoms with van der Waals surface area (Å²) < 4.78 is 20.3. The van der Waals surface area contributed by atoms with Crippen molar-refractivity contribution in [3.8, 4) is 0 Å². The second-order valence-electron chi connectivity index (χ2n) is 5.84. The fourth-order valence-electron chi connectivity index (χ4n) is 2.21. The Morgan fingerprint density at radius 3 is 1.67 bits per heavy atom. The molecule has 0 aromatic carbocycles. The molecule has 1 amide bonds. The Kier molecular flexibility index (Phi) is 11.4. The number of rotatable bonds is 11. The highest BCUT2D eigenvalue weighted by Crippen LogP contribution is 2.16. The average molecular weight is 389 g/mol. The summed E-state index contributed by atoms with van der Waals surface area (Å²) in [4.78, 5) is 56.1. The lowest BCUT2D eigenvalue weighted by Crippen LogP contribution is -2.40. The Morgan fingerprint density at radius 2 is 1.22 bits per heavy atom. The highest BCUT2D eigenvalue weighted by Gasteiger charge is 2.30. The summed E-state index contributed by atoms with van der Waals surface area (Å²) in [6.45, 7) is 5.88. The number of hydrogen-bond donors (Lipinski definition) is 1. The van der Waals surface area contributed by atoms with E-state index in [1.54, 1.807) is 0 Å². The van der Waals surface area contributed by atoms with Crippen LogP contribution < -0.4 is 5.32 Å². The summed E-state index contributed by atoms with van der Waals surface area (Å²) in [5.41, 5.74) is 0. The van der Waals surface area contributed by atoms with Crippen molar-refractivity contribution in [3.63, 3.8) is 0 Å². The smallest absolute Gasteiger partial charge is 0.303 e. The molecule has 3 atom stereocenters. The number of amides is 1. The van der Waals surface area contributed by atoms with Gasteiger partial charge in [0.2, 0.25) is 5.91 Å². The summed E-state index contributed by atoms with van der Waals surface area (Å²) in [5, 5.41) is 2.54. The van der Waals surface area contributed by atoms with Crippen molar-refractivity contribution in [2.45, 2.75) is 65.8 Å². The molecule has 0 aromatic heterocycles. The Morgan fingerprint density at radius 1 is 0.704 bits per heavy atom. The van der Waals surface area contributed by atoms with Gasteiger partial charge in [0.05, 0.1) is 6.54 Å². The zero-order valence-electron chi connectivity index (χ0n) is 16.2. The molecule has 1 N–H and O–H groups in total. The van der Waals surface area contributed by atoms with Gasteiger partial charge in [0.25, 0.3) is 0 Å². The van der Waals surface area contributed by atoms with Crippen LogP contribution in [0.5, 0.6) is 0 Å². The predicted octanol–water partition coefficient (Wildman–Crippen LogP) is 0.261. The molecule has 0 heterocycles. The normalized spacial score (nSPS) is 13.5. The van der Waals surface area contributed by atoms with Crippen molar-refractivity contribution >= 4 is 29.8 Å². The van der Waals surface area contributed by atoms with Crippen molar-refractivity contribution in [2.24, 2.45) is 0 Å². The van der Waals surface area contributed by atoms with Gasteiger partial charge in [-0.25, -0.2) is 0 Å². The van der Waals surface area contributed by atoms with E-state index in [0.29, 0.717) is 0 Å². The molecule has 0 fully saturated rings. The highest BCUT2D eigenvalue weighted by molar-refractivity contribution is 5.73. The lowest BCUT2D eigenvalue weighted by Gasteiger charge is -2.27. The van der Waals surface area contributed by atoms with Crippen LogP contribution in [0.25, 0.3) is 0 Å². The molecule has 10 nitrogen and oxygen atoms in total. The van der Waals surface area contributed by atoms with E-state index in [2.05, 4.69) is 5.32 Å². The molecule has 0 rings (SSSR count). The standard InChI is InChI=1S/C17H27NO9/c1-10(19)18-8-15(25-12(3)21)6-7-16(26-13(4)22)17(27-14(5)23)9-24-11(2)20/h15-17H,6-9H2,1-5H3,(H,18,19)/t15-,16+,17-/m1/s1. The van der Waals surface area contributed by atoms with Crippen LogP contribution in [0.3, 0.4) is 0 Å². The lowest BCUT2D eigenvalue weighted by atomic mass is 10.0. The minimum atomic E-state index is -1.02. The van der Waals surface area contributed by atoms with E-state index in [1.165, 1.54) is 34.6 Å². The van der Waals surface area contributed by atoms with Crippen LogP contribution in [0.2, 0.25) is 0 Å². The molecule has 0 saturated heterocycles. The van der Waals surface area contributed by atoms with Gasteiger partial charge in [-0.2, -0.15) is 0 Å². The fourth-order valence-corrected chi connectivity index (χ4v) is 2.21. The summed E-state index contributed by atoms with van der Waals surface area (Å²) >= 11 is 0. The Hall–Kier alpha value is -2.65. The maximum Gasteiger partial charge on any atom is 0.303 e. The first kappa shape index (κ1) is 24.4. The molecule has 0 aromatic rings. The highest BCUT2D eigenvalue weighted by atomic mass is 16.6. The quantitative estimate of drug-likeness (QED) is 0.390. The van der Waals surface area contributed by atoms with Gasteiger partial charge in [0.1, 0.15) is 18.8 Å². The van der Waals surface area contributed by atoms with Crippen molar-refractivity contribution in [1.82, 2.24) is 5.32 Å². The second-order valence-corrected chi connectivity index (χ2v) is 5.84. The maximum atomic E-state index is 11.4. The molecule has 154 valence electrons. The molecule has 0 unspecified atom stereocenters. The van der Waals surface area contributed by atoms with Gasteiger partial charge in [-0.3, -0.25) is 24.0 Å². The van der Waals surface area contributed by atoms with Gasteiger partial charge in [0, 0.05) is 34.6 Å². The zero-order valence-corrected chi connectivity index (χ0v) is 16.2. The summed E-state index contributed by atoms with van der Waals surface area (Å²) in [7, 11) is 0. The summed E-state index contributed by atoms with van der Waals surface area (Å²) in [6, 6.07) is 0. The van der Waals surface area contributed by atoms with E-state index in [0.717, 1.165) is 0 Å². The van der Waals surface area contributed by atoms with E-state index in [1.807, 2.05) is 0 Å². The van der Waals surface area contributed by atoms with Gasteiger partial charge in [0.15, 0.2) is 6.10 Å². The van der Waals surface area contributed by atoms with Crippen LogP contribution in [0, 0.1) is 0 Å². The lowest BCUT2D eigenvalue weighted by molar-refractivity contribution is -0.174. The van der Waals surface area contributed by atoms with Crippen LogP contribution in [0.1, 0.15) is 47.5 Å². The number of nitrogens with one attached hydrogen (secondary N) is 1. The van der Waals surface area contributed by atoms with Crippen LogP contribution in [0.4, 0.5) is 0 Å². The maximum absolute atomic E-state index is 11.4.